The Morgan fingerprint density at radius 2 is 2.07 bits per heavy atom. The number of aromatic nitrogens is 1. The monoisotopic (exact) mass is 392 g/mol. The van der Waals surface area contributed by atoms with E-state index in [-0.39, 0.29) is 18.6 Å². The number of fused-ring (bicyclic) bond motifs is 1. The number of carbonyl (C=O) groups is 1. The van der Waals surface area contributed by atoms with Crippen molar-refractivity contribution in [1.29, 1.82) is 0 Å². The predicted molar refractivity (Wildman–Crippen MR) is 111 cm³/mol. The van der Waals surface area contributed by atoms with Gasteiger partial charge in [-0.1, -0.05) is 24.3 Å². The van der Waals surface area contributed by atoms with E-state index in [1.807, 2.05) is 42.5 Å². The van der Waals surface area contributed by atoms with E-state index in [0.717, 1.165) is 41.5 Å². The lowest BCUT2D eigenvalue weighted by atomic mass is 10.0. The Balaban J connectivity index is 1.50. The van der Waals surface area contributed by atoms with Crippen molar-refractivity contribution in [1.82, 2.24) is 10.3 Å². The lowest BCUT2D eigenvalue weighted by Crippen LogP contribution is -2.35. The average molecular weight is 392 g/mol. The standard InChI is InChI=1S/C23H24N2O4/c1-27-19-11-17(21-8-2-5-16-6-3-9-24-23(16)21)12-20(13-19)29-15-22(26)25-14-18-7-4-10-28-18/h2-3,5-6,8-9,11-13,18H,4,7,10,14-15H2,1H3,(H,25,26). The second kappa shape index (κ2) is 8.92. The summed E-state index contributed by atoms with van der Waals surface area (Å²) >= 11 is 0. The summed E-state index contributed by atoms with van der Waals surface area (Å²) < 4.78 is 16.7. The van der Waals surface area contributed by atoms with Crippen LogP contribution in [0.2, 0.25) is 0 Å². The van der Waals surface area contributed by atoms with E-state index >= 15 is 0 Å². The third-order valence-electron chi connectivity index (χ3n) is 4.98. The van der Waals surface area contributed by atoms with E-state index in [1.54, 1.807) is 19.4 Å². The highest BCUT2D eigenvalue weighted by molar-refractivity contribution is 5.93. The molecule has 0 spiro atoms. The molecule has 1 saturated heterocycles. The molecule has 3 aromatic rings. The summed E-state index contributed by atoms with van der Waals surface area (Å²) in [5.74, 6) is 1.06. The average Bonchev–Trinajstić information content (AvgIpc) is 3.29. The number of nitrogens with zero attached hydrogens (tertiary/aromatic N) is 1. The number of methoxy groups -OCH3 is 1. The summed E-state index contributed by atoms with van der Waals surface area (Å²) in [6.45, 7) is 1.23. The number of rotatable bonds is 7. The van der Waals surface area contributed by atoms with Crippen LogP contribution >= 0.6 is 0 Å². The van der Waals surface area contributed by atoms with Crippen molar-refractivity contribution < 1.29 is 19.0 Å². The zero-order valence-electron chi connectivity index (χ0n) is 16.4. The molecule has 1 fully saturated rings. The molecule has 0 radical (unpaired) electrons. The fourth-order valence-corrected chi connectivity index (χ4v) is 3.50. The first-order chi connectivity index (χ1) is 14.2. The number of nitrogens with one attached hydrogen (secondary N) is 1. The Kier molecular flexibility index (Phi) is 5.91. The molecular weight excluding hydrogens is 368 g/mol. The molecule has 1 N–H and O–H groups in total. The number of ether oxygens (including phenoxy) is 3. The van der Waals surface area contributed by atoms with E-state index in [4.69, 9.17) is 14.2 Å². The molecule has 6 nitrogen and oxygen atoms in total. The largest absolute Gasteiger partial charge is 0.497 e. The minimum Gasteiger partial charge on any atom is -0.497 e. The molecule has 1 amide bonds. The fraction of sp³-hybridized carbons (Fsp3) is 0.304. The molecule has 0 saturated carbocycles. The van der Waals surface area contributed by atoms with Crippen molar-refractivity contribution in [2.75, 3.05) is 26.9 Å². The van der Waals surface area contributed by atoms with E-state index in [9.17, 15) is 4.79 Å². The molecule has 2 aromatic carbocycles. The van der Waals surface area contributed by atoms with Crippen LogP contribution in [0.1, 0.15) is 12.8 Å². The number of pyridine rings is 1. The summed E-state index contributed by atoms with van der Waals surface area (Å²) in [4.78, 5) is 16.6. The number of carbonyl (C=O) groups excluding carboxylic acids is 1. The van der Waals surface area contributed by atoms with Gasteiger partial charge in [-0.3, -0.25) is 9.78 Å². The first kappa shape index (κ1) is 19.2. The molecule has 6 heteroatoms. The summed E-state index contributed by atoms with van der Waals surface area (Å²) in [6.07, 6.45) is 3.93. The smallest absolute Gasteiger partial charge is 0.258 e. The Morgan fingerprint density at radius 3 is 2.90 bits per heavy atom. The molecule has 0 bridgehead atoms. The van der Waals surface area contributed by atoms with Gasteiger partial charge < -0.3 is 19.5 Å². The van der Waals surface area contributed by atoms with Gasteiger partial charge in [0, 0.05) is 36.4 Å². The second-order valence-corrected chi connectivity index (χ2v) is 7.01. The molecule has 4 rings (SSSR count). The third-order valence-corrected chi connectivity index (χ3v) is 4.98. The van der Waals surface area contributed by atoms with E-state index in [0.29, 0.717) is 18.0 Å². The Hall–Kier alpha value is -3.12. The van der Waals surface area contributed by atoms with Crippen LogP contribution in [-0.2, 0) is 9.53 Å². The number of hydrogen-bond donors (Lipinski definition) is 1. The second-order valence-electron chi connectivity index (χ2n) is 7.01. The maximum absolute atomic E-state index is 12.1. The molecule has 1 atom stereocenters. The molecule has 29 heavy (non-hydrogen) atoms. The van der Waals surface area contributed by atoms with Crippen LogP contribution in [0.15, 0.2) is 54.7 Å². The van der Waals surface area contributed by atoms with Gasteiger partial charge >= 0.3 is 0 Å². The molecule has 1 aliphatic rings. The lowest BCUT2D eigenvalue weighted by molar-refractivity contribution is -0.123. The van der Waals surface area contributed by atoms with Gasteiger partial charge in [0.15, 0.2) is 6.61 Å². The first-order valence-electron chi connectivity index (χ1n) is 9.77. The summed E-state index contributed by atoms with van der Waals surface area (Å²) in [6, 6.07) is 15.6. The van der Waals surface area contributed by atoms with Gasteiger partial charge in [0.2, 0.25) is 0 Å². The highest BCUT2D eigenvalue weighted by Gasteiger charge is 2.16. The van der Waals surface area contributed by atoms with Crippen molar-refractivity contribution in [2.24, 2.45) is 0 Å². The SMILES string of the molecule is COc1cc(OCC(=O)NCC2CCCO2)cc(-c2cccc3cccnc23)c1. The lowest BCUT2D eigenvalue weighted by Gasteiger charge is -2.13. The summed E-state index contributed by atoms with van der Waals surface area (Å²) in [7, 11) is 1.61. The fourth-order valence-electron chi connectivity index (χ4n) is 3.50. The van der Waals surface area contributed by atoms with Gasteiger partial charge in [-0.2, -0.15) is 0 Å². The van der Waals surface area contributed by atoms with Gasteiger partial charge in [0.25, 0.3) is 5.91 Å². The van der Waals surface area contributed by atoms with Crippen LogP contribution < -0.4 is 14.8 Å². The molecule has 1 aliphatic heterocycles. The Labute approximate surface area is 169 Å². The third kappa shape index (κ3) is 4.66. The van der Waals surface area contributed by atoms with Crippen LogP contribution in [0.4, 0.5) is 0 Å². The van der Waals surface area contributed by atoms with Gasteiger partial charge in [-0.25, -0.2) is 0 Å². The van der Waals surface area contributed by atoms with Gasteiger partial charge in [0.05, 0.1) is 18.7 Å². The minimum absolute atomic E-state index is 0.0624. The normalized spacial score (nSPS) is 16.0. The van der Waals surface area contributed by atoms with E-state index < -0.39 is 0 Å². The molecule has 2 heterocycles. The number of benzene rings is 2. The van der Waals surface area contributed by atoms with Crippen molar-refractivity contribution in [3.63, 3.8) is 0 Å². The topological polar surface area (TPSA) is 69.7 Å². The zero-order chi connectivity index (χ0) is 20.1. The predicted octanol–water partition coefficient (Wildman–Crippen LogP) is 3.58. The quantitative estimate of drug-likeness (QED) is 0.666. The highest BCUT2D eigenvalue weighted by atomic mass is 16.5. The molecular formula is C23H24N2O4. The van der Waals surface area contributed by atoms with E-state index in [2.05, 4.69) is 10.3 Å². The Bertz CT molecular complexity index is 994. The first-order valence-corrected chi connectivity index (χ1v) is 9.77. The Morgan fingerprint density at radius 1 is 1.21 bits per heavy atom. The molecule has 0 aliphatic carbocycles. The molecule has 150 valence electrons. The summed E-state index contributed by atoms with van der Waals surface area (Å²) in [5, 5.41) is 3.92. The van der Waals surface area contributed by atoms with Crippen molar-refractivity contribution in [2.45, 2.75) is 18.9 Å². The maximum atomic E-state index is 12.1. The molecule has 1 aromatic heterocycles. The number of para-hydroxylation sites is 1. The van der Waals surface area contributed by atoms with Crippen molar-refractivity contribution >= 4 is 16.8 Å². The summed E-state index contributed by atoms with van der Waals surface area (Å²) in [5.41, 5.74) is 2.81. The van der Waals surface area contributed by atoms with E-state index in [1.165, 1.54) is 0 Å². The van der Waals surface area contributed by atoms with Crippen molar-refractivity contribution in [3.8, 4) is 22.6 Å². The van der Waals surface area contributed by atoms with Crippen LogP contribution in [0.3, 0.4) is 0 Å². The van der Waals surface area contributed by atoms with Gasteiger partial charge in [0.1, 0.15) is 11.5 Å². The van der Waals surface area contributed by atoms with Crippen molar-refractivity contribution in [3.05, 3.63) is 54.7 Å². The minimum atomic E-state index is -0.170. The maximum Gasteiger partial charge on any atom is 0.258 e. The molecule has 1 unspecified atom stereocenters. The zero-order valence-corrected chi connectivity index (χ0v) is 16.4. The number of amides is 1. The van der Waals surface area contributed by atoms with Crippen LogP contribution in [-0.4, -0.2) is 43.9 Å². The highest BCUT2D eigenvalue weighted by Crippen LogP contribution is 2.33. The van der Waals surface area contributed by atoms with Gasteiger partial charge in [-0.15, -0.1) is 0 Å². The number of hydrogen-bond acceptors (Lipinski definition) is 5. The van der Waals surface area contributed by atoms with Gasteiger partial charge in [-0.05, 0) is 36.6 Å². The van der Waals surface area contributed by atoms with Crippen LogP contribution in [0, 0.1) is 0 Å². The van der Waals surface area contributed by atoms with Crippen LogP contribution in [0.5, 0.6) is 11.5 Å². The van der Waals surface area contributed by atoms with Crippen LogP contribution in [0.25, 0.3) is 22.0 Å².